The Morgan fingerprint density at radius 3 is 2.43 bits per heavy atom. The van der Waals surface area contributed by atoms with E-state index in [0.29, 0.717) is 10.3 Å². The van der Waals surface area contributed by atoms with Crippen molar-refractivity contribution in [3.05, 3.63) is 42.0 Å². The Balaban J connectivity index is 2.09. The lowest BCUT2D eigenvalue weighted by Gasteiger charge is -2.05. The fourth-order valence-electron chi connectivity index (χ4n) is 1.58. The lowest BCUT2D eigenvalue weighted by Crippen LogP contribution is -2.16. The topological polar surface area (TPSA) is 101 Å². The van der Waals surface area contributed by atoms with Crippen molar-refractivity contribution < 1.29 is 29.7 Å². The van der Waals surface area contributed by atoms with Crippen molar-refractivity contribution in [2.45, 2.75) is 0 Å². The zero-order valence-electron chi connectivity index (χ0n) is 11.1. The van der Waals surface area contributed by atoms with Crippen LogP contribution in [0.1, 0.15) is 5.56 Å². The predicted molar refractivity (Wildman–Crippen MR) is 73.0 cm³/mol. The van der Waals surface area contributed by atoms with Gasteiger partial charge in [-0.15, -0.1) is 4.73 Å². The molecule has 0 aliphatic heterocycles. The van der Waals surface area contributed by atoms with Crippen LogP contribution in [0.25, 0.3) is 6.08 Å². The van der Waals surface area contributed by atoms with Crippen LogP contribution in [-0.4, -0.2) is 33.1 Å². The largest absolute Gasteiger partial charge is 0.504 e. The number of aromatic hydroxyl groups is 3. The van der Waals surface area contributed by atoms with Crippen LogP contribution in [0.4, 0.5) is 0 Å². The zero-order chi connectivity index (χ0) is 15.4. The second-order valence-electron chi connectivity index (χ2n) is 4.02. The molecular weight excluding hydrogens is 278 g/mol. The summed E-state index contributed by atoms with van der Waals surface area (Å²) in [6.45, 7) is 0. The Hall–Kier alpha value is -3.09. The van der Waals surface area contributed by atoms with Gasteiger partial charge in [-0.2, -0.15) is 0 Å². The van der Waals surface area contributed by atoms with Gasteiger partial charge in [-0.05, 0) is 23.8 Å². The predicted octanol–water partition coefficient (Wildman–Crippen LogP) is 1.28. The minimum Gasteiger partial charge on any atom is -0.504 e. The van der Waals surface area contributed by atoms with Gasteiger partial charge in [0.15, 0.2) is 11.5 Å². The molecule has 1 heterocycles. The number of hydrogen-bond acceptors (Lipinski definition) is 6. The van der Waals surface area contributed by atoms with Crippen molar-refractivity contribution >= 4 is 12.0 Å². The summed E-state index contributed by atoms with van der Waals surface area (Å²) < 4.78 is 5.53. The first-order chi connectivity index (χ1) is 10.0. The highest BCUT2D eigenvalue weighted by atomic mass is 16.7. The summed E-state index contributed by atoms with van der Waals surface area (Å²) in [7, 11) is 1.41. The summed E-state index contributed by atoms with van der Waals surface area (Å²) in [5, 5.41) is 28.1. The SMILES string of the molecule is COc1cc(C=CC(=O)On2c(O)ccc2O)ccc1O. The Bertz CT molecular complexity index is 669. The first kappa shape index (κ1) is 14.3. The van der Waals surface area contributed by atoms with Crippen molar-refractivity contribution in [2.24, 2.45) is 0 Å². The van der Waals surface area contributed by atoms with E-state index in [-0.39, 0.29) is 11.5 Å². The van der Waals surface area contributed by atoms with E-state index in [2.05, 4.69) is 0 Å². The molecule has 7 heteroatoms. The molecule has 0 atom stereocenters. The van der Waals surface area contributed by atoms with E-state index in [0.717, 1.165) is 6.08 Å². The molecule has 0 aliphatic rings. The molecule has 0 radical (unpaired) electrons. The van der Waals surface area contributed by atoms with Crippen molar-refractivity contribution in [1.29, 1.82) is 0 Å². The lowest BCUT2D eigenvalue weighted by atomic mass is 10.2. The summed E-state index contributed by atoms with van der Waals surface area (Å²) in [5.41, 5.74) is 0.600. The van der Waals surface area contributed by atoms with Gasteiger partial charge in [-0.1, -0.05) is 6.07 Å². The number of carbonyl (C=O) groups excluding carboxylic acids is 1. The molecule has 0 saturated carbocycles. The Kier molecular flexibility index (Phi) is 4.03. The molecule has 1 aromatic heterocycles. The lowest BCUT2D eigenvalue weighted by molar-refractivity contribution is -0.139. The molecule has 0 unspecified atom stereocenters. The van der Waals surface area contributed by atoms with Crippen LogP contribution < -0.4 is 9.57 Å². The molecule has 0 amide bonds. The molecule has 0 bridgehead atoms. The smallest absolute Gasteiger partial charge is 0.356 e. The molecule has 2 rings (SSSR count). The number of nitrogens with zero attached hydrogens (tertiary/aromatic N) is 1. The van der Waals surface area contributed by atoms with E-state index in [1.807, 2.05) is 0 Å². The van der Waals surface area contributed by atoms with Crippen LogP contribution in [0.5, 0.6) is 23.3 Å². The molecule has 0 saturated heterocycles. The summed E-state index contributed by atoms with van der Waals surface area (Å²) in [5.74, 6) is -1.35. The maximum atomic E-state index is 11.6. The van der Waals surface area contributed by atoms with Gasteiger partial charge in [-0.25, -0.2) is 4.79 Å². The quantitative estimate of drug-likeness (QED) is 0.734. The van der Waals surface area contributed by atoms with Gasteiger partial charge in [-0.3, -0.25) is 0 Å². The molecule has 1 aromatic carbocycles. The number of phenolic OH excluding ortho intramolecular Hbond substituents is 1. The monoisotopic (exact) mass is 291 g/mol. The number of methoxy groups -OCH3 is 1. The maximum absolute atomic E-state index is 11.6. The second-order valence-corrected chi connectivity index (χ2v) is 4.02. The normalized spacial score (nSPS) is 10.7. The third-order valence-corrected chi connectivity index (χ3v) is 2.59. The molecule has 0 spiro atoms. The van der Waals surface area contributed by atoms with Gasteiger partial charge in [0.2, 0.25) is 11.8 Å². The van der Waals surface area contributed by atoms with Crippen LogP contribution in [-0.2, 0) is 4.79 Å². The zero-order valence-corrected chi connectivity index (χ0v) is 11.1. The first-order valence-electron chi connectivity index (χ1n) is 5.88. The molecule has 0 aliphatic carbocycles. The number of aromatic nitrogens is 1. The van der Waals surface area contributed by atoms with Crippen molar-refractivity contribution in [3.8, 4) is 23.3 Å². The summed E-state index contributed by atoms with van der Waals surface area (Å²) in [6.07, 6.45) is 2.53. The van der Waals surface area contributed by atoms with Gasteiger partial charge < -0.3 is 24.9 Å². The maximum Gasteiger partial charge on any atom is 0.356 e. The first-order valence-corrected chi connectivity index (χ1v) is 5.88. The number of phenols is 1. The minimum atomic E-state index is -0.802. The van der Waals surface area contributed by atoms with Crippen molar-refractivity contribution in [1.82, 2.24) is 4.73 Å². The number of ether oxygens (including phenoxy) is 1. The molecule has 2 aromatic rings. The van der Waals surface area contributed by atoms with Crippen LogP contribution in [0, 0.1) is 0 Å². The molecule has 0 fully saturated rings. The van der Waals surface area contributed by atoms with Crippen molar-refractivity contribution in [3.63, 3.8) is 0 Å². The summed E-state index contributed by atoms with van der Waals surface area (Å²) >= 11 is 0. The Labute approximate surface area is 119 Å². The number of rotatable bonds is 4. The average Bonchev–Trinajstić information content (AvgIpc) is 2.78. The van der Waals surface area contributed by atoms with E-state index < -0.39 is 17.7 Å². The fraction of sp³-hybridized carbons (Fsp3) is 0.0714. The van der Waals surface area contributed by atoms with E-state index in [1.165, 1.54) is 37.5 Å². The standard InChI is InChI=1S/C14H13NO6/c1-20-11-8-9(2-4-10(11)16)3-7-14(19)21-15-12(17)5-6-13(15)18/h2-8,16-18H,1H3. The van der Waals surface area contributed by atoms with Gasteiger partial charge in [0.1, 0.15) is 0 Å². The molecular formula is C14H13NO6. The minimum absolute atomic E-state index is 0.0144. The number of carbonyl (C=O) groups is 1. The highest BCUT2D eigenvalue weighted by molar-refractivity contribution is 5.87. The van der Waals surface area contributed by atoms with Crippen molar-refractivity contribution in [2.75, 3.05) is 7.11 Å². The van der Waals surface area contributed by atoms with Gasteiger partial charge in [0.25, 0.3) is 0 Å². The summed E-state index contributed by atoms with van der Waals surface area (Å²) in [6, 6.07) is 6.89. The second kappa shape index (κ2) is 5.91. The molecule has 21 heavy (non-hydrogen) atoms. The Morgan fingerprint density at radius 1 is 1.14 bits per heavy atom. The van der Waals surface area contributed by atoms with E-state index >= 15 is 0 Å². The van der Waals surface area contributed by atoms with E-state index in [1.54, 1.807) is 6.07 Å². The molecule has 3 N–H and O–H groups in total. The highest BCUT2D eigenvalue weighted by Gasteiger charge is 2.10. The number of benzene rings is 1. The number of hydrogen-bond donors (Lipinski definition) is 3. The van der Waals surface area contributed by atoms with Crippen LogP contribution >= 0.6 is 0 Å². The van der Waals surface area contributed by atoms with Gasteiger partial charge in [0, 0.05) is 18.2 Å². The van der Waals surface area contributed by atoms with Crippen LogP contribution in [0.2, 0.25) is 0 Å². The molecule has 7 nitrogen and oxygen atoms in total. The highest BCUT2D eigenvalue weighted by Crippen LogP contribution is 2.26. The van der Waals surface area contributed by atoms with Crippen LogP contribution in [0.3, 0.4) is 0 Å². The third-order valence-electron chi connectivity index (χ3n) is 2.59. The average molecular weight is 291 g/mol. The van der Waals surface area contributed by atoms with Crippen LogP contribution in [0.15, 0.2) is 36.4 Å². The fourth-order valence-corrected chi connectivity index (χ4v) is 1.58. The summed E-state index contributed by atoms with van der Waals surface area (Å²) in [4.78, 5) is 16.3. The van der Waals surface area contributed by atoms with Gasteiger partial charge in [0.05, 0.1) is 7.11 Å². The third kappa shape index (κ3) is 3.27. The molecule has 110 valence electrons. The Morgan fingerprint density at radius 2 is 1.81 bits per heavy atom. The van der Waals surface area contributed by atoms with Gasteiger partial charge >= 0.3 is 5.97 Å². The van der Waals surface area contributed by atoms with E-state index in [9.17, 15) is 20.1 Å². The van der Waals surface area contributed by atoms with E-state index in [4.69, 9.17) is 9.57 Å².